The second-order valence-corrected chi connectivity index (χ2v) is 9.19. The number of amides is 1. The van der Waals surface area contributed by atoms with Crippen LogP contribution in [0.5, 0.6) is 0 Å². The molecule has 2 aromatic heterocycles. The number of nitrogens with one attached hydrogen (secondary N) is 1. The molecule has 1 fully saturated rings. The van der Waals surface area contributed by atoms with Crippen LogP contribution in [0.1, 0.15) is 48.5 Å². The minimum absolute atomic E-state index is 0.328. The van der Waals surface area contributed by atoms with Crippen LogP contribution >= 0.6 is 0 Å². The summed E-state index contributed by atoms with van der Waals surface area (Å²) >= 11 is 0. The first-order chi connectivity index (χ1) is 16.3. The quantitative estimate of drug-likeness (QED) is 0.387. The number of aromatic nitrogens is 3. The SMILES string of the molecule is CC(C)CNc1nc(-c2cc(F)cc(F)c2)cn2c(-c3ccc(C(N)=O)c(C4CC4)c3)cnc12. The molecular formula is C26H25F2N5O. The van der Waals surface area contributed by atoms with E-state index in [-0.39, 0.29) is 0 Å². The van der Waals surface area contributed by atoms with Gasteiger partial charge in [-0.2, -0.15) is 0 Å². The van der Waals surface area contributed by atoms with Crippen molar-refractivity contribution in [2.45, 2.75) is 32.6 Å². The highest BCUT2D eigenvalue weighted by atomic mass is 19.1. The standard InChI is InChI=1S/C26H25F2N5O/c1-14(2)11-30-25-26-31-12-23(16-5-6-20(24(29)34)21(9-16)15-3-4-15)33(26)13-22(32-25)17-7-18(27)10-19(28)8-17/h5-10,12-15H,3-4,11H2,1-2H3,(H2,29,34)(H,30,32). The molecule has 0 unspecified atom stereocenters. The Balaban J connectivity index is 1.69. The van der Waals surface area contributed by atoms with Crippen molar-refractivity contribution >= 4 is 17.4 Å². The van der Waals surface area contributed by atoms with Gasteiger partial charge in [-0.1, -0.05) is 19.9 Å². The largest absolute Gasteiger partial charge is 0.367 e. The van der Waals surface area contributed by atoms with E-state index in [1.807, 2.05) is 16.5 Å². The van der Waals surface area contributed by atoms with Gasteiger partial charge in [0.15, 0.2) is 11.5 Å². The van der Waals surface area contributed by atoms with Gasteiger partial charge in [0.2, 0.25) is 5.91 Å². The Bertz CT molecular complexity index is 1390. The van der Waals surface area contributed by atoms with Gasteiger partial charge < -0.3 is 11.1 Å². The van der Waals surface area contributed by atoms with E-state index >= 15 is 0 Å². The van der Waals surface area contributed by atoms with Crippen LogP contribution in [0.2, 0.25) is 0 Å². The molecule has 1 aliphatic carbocycles. The summed E-state index contributed by atoms with van der Waals surface area (Å²) in [7, 11) is 0. The molecule has 4 aromatic rings. The first kappa shape index (κ1) is 22.0. The molecule has 1 amide bonds. The van der Waals surface area contributed by atoms with Crippen LogP contribution in [0.15, 0.2) is 48.8 Å². The highest BCUT2D eigenvalue weighted by molar-refractivity contribution is 5.95. The van der Waals surface area contributed by atoms with E-state index in [9.17, 15) is 13.6 Å². The zero-order valence-electron chi connectivity index (χ0n) is 19.0. The molecule has 8 heteroatoms. The minimum Gasteiger partial charge on any atom is -0.367 e. The molecule has 0 radical (unpaired) electrons. The average molecular weight is 462 g/mol. The van der Waals surface area contributed by atoms with Crippen molar-refractivity contribution < 1.29 is 13.6 Å². The first-order valence-corrected chi connectivity index (χ1v) is 11.3. The van der Waals surface area contributed by atoms with Crippen molar-refractivity contribution in [2.75, 3.05) is 11.9 Å². The molecule has 5 rings (SSSR count). The van der Waals surface area contributed by atoms with E-state index in [0.29, 0.717) is 46.7 Å². The summed E-state index contributed by atoms with van der Waals surface area (Å²) in [5.41, 5.74) is 10.1. The average Bonchev–Trinajstić information content (AvgIpc) is 3.55. The summed E-state index contributed by atoms with van der Waals surface area (Å²) in [6.07, 6.45) is 5.52. The zero-order chi connectivity index (χ0) is 24.0. The Kier molecular flexibility index (Phi) is 5.51. The van der Waals surface area contributed by atoms with Crippen LogP contribution in [-0.4, -0.2) is 26.8 Å². The van der Waals surface area contributed by atoms with Crippen molar-refractivity contribution in [1.82, 2.24) is 14.4 Å². The molecule has 174 valence electrons. The maximum absolute atomic E-state index is 14.0. The summed E-state index contributed by atoms with van der Waals surface area (Å²) in [4.78, 5) is 21.1. The zero-order valence-corrected chi connectivity index (χ0v) is 19.0. The van der Waals surface area contributed by atoms with E-state index < -0.39 is 17.5 Å². The molecule has 34 heavy (non-hydrogen) atoms. The molecule has 2 aromatic carbocycles. The smallest absolute Gasteiger partial charge is 0.248 e. The van der Waals surface area contributed by atoms with Gasteiger partial charge in [-0.05, 0) is 54.5 Å². The van der Waals surface area contributed by atoms with Gasteiger partial charge in [0.25, 0.3) is 0 Å². The number of imidazole rings is 1. The van der Waals surface area contributed by atoms with E-state index in [0.717, 1.165) is 35.7 Å². The molecule has 0 atom stereocenters. The molecule has 0 aliphatic heterocycles. The van der Waals surface area contributed by atoms with Crippen LogP contribution in [0.3, 0.4) is 0 Å². The van der Waals surface area contributed by atoms with E-state index in [2.05, 4.69) is 29.1 Å². The predicted molar refractivity (Wildman–Crippen MR) is 128 cm³/mol. The van der Waals surface area contributed by atoms with Crippen molar-refractivity contribution in [3.8, 4) is 22.5 Å². The Morgan fingerprint density at radius 3 is 2.53 bits per heavy atom. The number of primary amides is 1. The van der Waals surface area contributed by atoms with Gasteiger partial charge in [0, 0.05) is 35.5 Å². The Labute approximate surface area is 195 Å². The molecule has 3 N–H and O–H groups in total. The monoisotopic (exact) mass is 461 g/mol. The lowest BCUT2D eigenvalue weighted by Crippen LogP contribution is -2.13. The highest BCUT2D eigenvalue weighted by Crippen LogP contribution is 2.43. The fraction of sp³-hybridized carbons (Fsp3) is 0.269. The normalized spacial score (nSPS) is 13.6. The minimum atomic E-state index is -0.671. The summed E-state index contributed by atoms with van der Waals surface area (Å²) in [5.74, 6) is -0.567. The van der Waals surface area contributed by atoms with Gasteiger partial charge in [0.1, 0.15) is 11.6 Å². The number of carbonyl (C=O) groups is 1. The number of fused-ring (bicyclic) bond motifs is 1. The highest BCUT2D eigenvalue weighted by Gasteiger charge is 2.28. The van der Waals surface area contributed by atoms with E-state index in [1.165, 1.54) is 12.1 Å². The number of nitrogens with two attached hydrogens (primary N) is 1. The first-order valence-electron chi connectivity index (χ1n) is 11.3. The molecule has 0 bridgehead atoms. The second-order valence-electron chi connectivity index (χ2n) is 9.19. The number of rotatable bonds is 7. The maximum atomic E-state index is 14.0. The van der Waals surface area contributed by atoms with Gasteiger partial charge in [0.05, 0.1) is 17.6 Å². The van der Waals surface area contributed by atoms with Crippen LogP contribution in [0.25, 0.3) is 28.2 Å². The molecule has 6 nitrogen and oxygen atoms in total. The number of hydrogen-bond donors (Lipinski definition) is 2. The molecular weight excluding hydrogens is 436 g/mol. The number of anilines is 1. The number of halogens is 2. The summed E-state index contributed by atoms with van der Waals surface area (Å²) < 4.78 is 29.8. The topological polar surface area (TPSA) is 85.3 Å². The molecule has 0 saturated heterocycles. The van der Waals surface area contributed by atoms with Gasteiger partial charge in [-0.25, -0.2) is 18.7 Å². The van der Waals surface area contributed by atoms with Crippen LogP contribution in [-0.2, 0) is 0 Å². The van der Waals surface area contributed by atoms with E-state index in [1.54, 1.807) is 18.5 Å². The van der Waals surface area contributed by atoms with Gasteiger partial charge in [-0.3, -0.25) is 9.20 Å². The Hall–Kier alpha value is -3.81. The Morgan fingerprint density at radius 2 is 1.88 bits per heavy atom. The lowest BCUT2D eigenvalue weighted by molar-refractivity contribution is 0.0999. The third kappa shape index (κ3) is 4.23. The molecule has 0 spiro atoms. The van der Waals surface area contributed by atoms with Crippen LogP contribution < -0.4 is 11.1 Å². The number of hydrogen-bond acceptors (Lipinski definition) is 4. The fourth-order valence-electron chi connectivity index (χ4n) is 4.14. The Morgan fingerprint density at radius 1 is 1.15 bits per heavy atom. The summed E-state index contributed by atoms with van der Waals surface area (Å²) in [5, 5.41) is 3.31. The molecule has 1 saturated carbocycles. The number of benzene rings is 2. The number of carbonyl (C=O) groups excluding carboxylic acids is 1. The van der Waals surface area contributed by atoms with Gasteiger partial charge >= 0.3 is 0 Å². The molecule has 1 aliphatic rings. The van der Waals surface area contributed by atoms with Crippen molar-refractivity contribution in [3.63, 3.8) is 0 Å². The van der Waals surface area contributed by atoms with Crippen LogP contribution in [0, 0.1) is 17.6 Å². The van der Waals surface area contributed by atoms with E-state index in [4.69, 9.17) is 5.73 Å². The second kappa shape index (κ2) is 8.52. The van der Waals surface area contributed by atoms with Crippen molar-refractivity contribution in [3.05, 3.63) is 71.6 Å². The summed E-state index contributed by atoms with van der Waals surface area (Å²) in [6.45, 7) is 4.81. The lowest BCUT2D eigenvalue weighted by atomic mass is 9.98. The van der Waals surface area contributed by atoms with Crippen LogP contribution in [0.4, 0.5) is 14.6 Å². The predicted octanol–water partition coefficient (Wildman–Crippen LogP) is 5.39. The lowest BCUT2D eigenvalue weighted by Gasteiger charge is -2.13. The third-order valence-corrected chi connectivity index (χ3v) is 5.96. The van der Waals surface area contributed by atoms with Crippen molar-refractivity contribution in [2.24, 2.45) is 11.7 Å². The van der Waals surface area contributed by atoms with Crippen molar-refractivity contribution in [1.29, 1.82) is 0 Å². The summed E-state index contributed by atoms with van der Waals surface area (Å²) in [6, 6.07) is 8.94. The molecule has 2 heterocycles. The van der Waals surface area contributed by atoms with Gasteiger partial charge in [-0.15, -0.1) is 0 Å². The maximum Gasteiger partial charge on any atom is 0.248 e. The fourth-order valence-corrected chi connectivity index (χ4v) is 4.14. The number of nitrogens with zero attached hydrogens (tertiary/aromatic N) is 3. The third-order valence-electron chi connectivity index (χ3n) is 5.96.